The molecular formula is C33H32F2N2O3. The Bertz CT molecular complexity index is 1340. The first-order chi connectivity index (χ1) is 19.4. The van der Waals surface area contributed by atoms with Crippen LogP contribution in [0.3, 0.4) is 0 Å². The van der Waals surface area contributed by atoms with Crippen molar-refractivity contribution in [2.24, 2.45) is 5.92 Å². The number of rotatable bonds is 11. The Hall–Kier alpha value is -4.52. The van der Waals surface area contributed by atoms with Crippen molar-refractivity contribution in [3.05, 3.63) is 120 Å². The van der Waals surface area contributed by atoms with Gasteiger partial charge in [0.05, 0.1) is 0 Å². The zero-order valence-corrected chi connectivity index (χ0v) is 22.3. The molecule has 1 atom stereocenters. The minimum absolute atomic E-state index is 0.183. The fourth-order valence-corrected chi connectivity index (χ4v) is 4.26. The minimum Gasteiger partial charge on any atom is -0.445 e. The van der Waals surface area contributed by atoms with Gasteiger partial charge in [-0.3, -0.25) is 4.79 Å². The molecule has 0 radical (unpaired) electrons. The molecule has 0 saturated heterocycles. The molecule has 2 N–H and O–H groups in total. The monoisotopic (exact) mass is 542 g/mol. The smallest absolute Gasteiger partial charge is 0.407 e. The standard InChI is InChI=1S/C33H32F2N2O3/c1-23(6-5-17-36-33(39)40-22-24-7-3-2-4-8-24)21-37-32(38)29-19-27(25-9-13-30(34)14-10-25)18-28(20-29)26-11-15-31(35)16-12-26/h2-4,7-16,18-20,23H,5-6,17,21-22H2,1H3,(H,36,39)(H,37,38)/t23-/m0/s1. The molecule has 4 aromatic rings. The minimum atomic E-state index is -0.456. The Morgan fingerprint density at radius 3 is 1.90 bits per heavy atom. The highest BCUT2D eigenvalue weighted by atomic mass is 19.1. The van der Waals surface area contributed by atoms with Crippen molar-refractivity contribution in [1.82, 2.24) is 10.6 Å². The van der Waals surface area contributed by atoms with E-state index >= 15 is 0 Å². The number of carbonyl (C=O) groups excluding carboxylic acids is 2. The Kier molecular flexibility index (Phi) is 9.99. The van der Waals surface area contributed by atoms with Gasteiger partial charge in [-0.05, 0) is 89.0 Å². The van der Waals surface area contributed by atoms with Gasteiger partial charge < -0.3 is 15.4 Å². The van der Waals surface area contributed by atoms with E-state index < -0.39 is 6.09 Å². The molecule has 2 amide bonds. The first-order valence-electron chi connectivity index (χ1n) is 13.3. The molecule has 0 unspecified atom stereocenters. The van der Waals surface area contributed by atoms with Crippen LogP contribution in [0.15, 0.2) is 97.1 Å². The third-order valence-corrected chi connectivity index (χ3v) is 6.52. The van der Waals surface area contributed by atoms with Crippen molar-refractivity contribution in [1.29, 1.82) is 0 Å². The molecule has 0 heterocycles. The SMILES string of the molecule is C[C@@H](CCCNC(=O)OCc1ccccc1)CNC(=O)c1cc(-c2ccc(F)cc2)cc(-c2ccc(F)cc2)c1. The molecule has 4 aromatic carbocycles. The highest BCUT2D eigenvalue weighted by Gasteiger charge is 2.13. The predicted octanol–water partition coefficient (Wildman–Crippen LogP) is 7.37. The second-order valence-electron chi connectivity index (χ2n) is 9.76. The van der Waals surface area contributed by atoms with Crippen LogP contribution < -0.4 is 10.6 Å². The van der Waals surface area contributed by atoms with Gasteiger partial charge in [-0.1, -0.05) is 61.5 Å². The summed E-state index contributed by atoms with van der Waals surface area (Å²) in [6.07, 6.45) is 1.09. The van der Waals surface area contributed by atoms with Crippen LogP contribution in [0.2, 0.25) is 0 Å². The number of hydrogen-bond acceptors (Lipinski definition) is 3. The molecule has 0 aliphatic rings. The molecule has 40 heavy (non-hydrogen) atoms. The lowest BCUT2D eigenvalue weighted by Crippen LogP contribution is -2.29. The Morgan fingerprint density at radius 1 is 0.750 bits per heavy atom. The van der Waals surface area contributed by atoms with Crippen molar-refractivity contribution < 1.29 is 23.1 Å². The van der Waals surface area contributed by atoms with Crippen LogP contribution in [-0.2, 0) is 11.3 Å². The van der Waals surface area contributed by atoms with E-state index in [1.807, 2.05) is 43.3 Å². The summed E-state index contributed by atoms with van der Waals surface area (Å²) in [6, 6.07) is 27.1. The maximum absolute atomic E-state index is 13.5. The van der Waals surface area contributed by atoms with Gasteiger partial charge in [0, 0.05) is 18.7 Å². The largest absolute Gasteiger partial charge is 0.445 e. The lowest BCUT2D eigenvalue weighted by molar-refractivity contribution is 0.0947. The van der Waals surface area contributed by atoms with E-state index in [9.17, 15) is 18.4 Å². The molecule has 0 fully saturated rings. The summed E-state index contributed by atoms with van der Waals surface area (Å²) < 4.78 is 32.2. The number of carbonyl (C=O) groups is 2. The Balaban J connectivity index is 1.31. The molecule has 4 rings (SSSR count). The molecular weight excluding hydrogens is 510 g/mol. The highest BCUT2D eigenvalue weighted by molar-refractivity contribution is 5.97. The number of hydrogen-bond donors (Lipinski definition) is 2. The van der Waals surface area contributed by atoms with E-state index in [2.05, 4.69) is 10.6 Å². The average molecular weight is 543 g/mol. The van der Waals surface area contributed by atoms with E-state index in [-0.39, 0.29) is 30.1 Å². The van der Waals surface area contributed by atoms with E-state index in [4.69, 9.17) is 4.74 Å². The summed E-state index contributed by atoms with van der Waals surface area (Å²) in [4.78, 5) is 25.0. The number of alkyl carbamates (subject to hydrolysis) is 1. The van der Waals surface area contributed by atoms with Gasteiger partial charge >= 0.3 is 6.09 Å². The van der Waals surface area contributed by atoms with Gasteiger partial charge in [-0.25, -0.2) is 13.6 Å². The van der Waals surface area contributed by atoms with Crippen molar-refractivity contribution in [3.8, 4) is 22.3 Å². The topological polar surface area (TPSA) is 67.4 Å². The van der Waals surface area contributed by atoms with Crippen LogP contribution in [0.5, 0.6) is 0 Å². The normalized spacial score (nSPS) is 11.5. The van der Waals surface area contributed by atoms with Gasteiger partial charge in [-0.2, -0.15) is 0 Å². The summed E-state index contributed by atoms with van der Waals surface area (Å²) in [5.74, 6) is -0.737. The van der Waals surface area contributed by atoms with Crippen LogP contribution in [-0.4, -0.2) is 25.1 Å². The third kappa shape index (κ3) is 8.50. The second kappa shape index (κ2) is 14.0. The average Bonchev–Trinajstić information content (AvgIpc) is 2.98. The number of halogens is 2. The van der Waals surface area contributed by atoms with Crippen LogP contribution >= 0.6 is 0 Å². The maximum atomic E-state index is 13.5. The van der Waals surface area contributed by atoms with Gasteiger partial charge in [0.1, 0.15) is 18.2 Å². The Labute approximate surface area is 233 Å². The van der Waals surface area contributed by atoms with E-state index in [1.54, 1.807) is 36.4 Å². The number of benzene rings is 4. The zero-order valence-electron chi connectivity index (χ0n) is 22.3. The number of nitrogens with one attached hydrogen (secondary N) is 2. The van der Waals surface area contributed by atoms with Crippen molar-refractivity contribution in [2.45, 2.75) is 26.4 Å². The van der Waals surface area contributed by atoms with Gasteiger partial charge in [0.2, 0.25) is 0 Å². The quantitative estimate of drug-likeness (QED) is 0.195. The molecule has 206 valence electrons. The Morgan fingerprint density at radius 2 is 1.32 bits per heavy atom. The fourth-order valence-electron chi connectivity index (χ4n) is 4.26. The number of ether oxygens (including phenoxy) is 1. The maximum Gasteiger partial charge on any atom is 0.407 e. The van der Waals surface area contributed by atoms with Crippen LogP contribution in [0.25, 0.3) is 22.3 Å². The molecule has 0 aromatic heterocycles. The van der Waals surface area contributed by atoms with Crippen molar-refractivity contribution in [2.75, 3.05) is 13.1 Å². The van der Waals surface area contributed by atoms with Gasteiger partial charge in [-0.15, -0.1) is 0 Å². The molecule has 0 spiro atoms. The highest BCUT2D eigenvalue weighted by Crippen LogP contribution is 2.29. The number of amides is 2. The van der Waals surface area contributed by atoms with Crippen molar-refractivity contribution >= 4 is 12.0 Å². The van der Waals surface area contributed by atoms with E-state index in [0.29, 0.717) is 18.7 Å². The molecule has 7 heteroatoms. The lowest BCUT2D eigenvalue weighted by Gasteiger charge is -2.15. The summed E-state index contributed by atoms with van der Waals surface area (Å²) >= 11 is 0. The third-order valence-electron chi connectivity index (χ3n) is 6.52. The summed E-state index contributed by atoms with van der Waals surface area (Å²) in [7, 11) is 0. The molecule has 5 nitrogen and oxygen atoms in total. The van der Waals surface area contributed by atoms with Crippen LogP contribution in [0, 0.1) is 17.6 Å². The summed E-state index contributed by atoms with van der Waals surface area (Å²) in [5.41, 5.74) is 4.42. The lowest BCUT2D eigenvalue weighted by atomic mass is 9.95. The van der Waals surface area contributed by atoms with E-state index in [0.717, 1.165) is 40.7 Å². The predicted molar refractivity (Wildman–Crippen MR) is 153 cm³/mol. The van der Waals surface area contributed by atoms with Gasteiger partial charge in [0.15, 0.2) is 0 Å². The van der Waals surface area contributed by atoms with Gasteiger partial charge in [0.25, 0.3) is 5.91 Å². The first-order valence-corrected chi connectivity index (χ1v) is 13.3. The van der Waals surface area contributed by atoms with Crippen LogP contribution in [0.1, 0.15) is 35.7 Å². The summed E-state index contributed by atoms with van der Waals surface area (Å²) in [6.45, 7) is 3.20. The molecule has 0 bridgehead atoms. The zero-order chi connectivity index (χ0) is 28.3. The molecule has 0 saturated carbocycles. The molecule has 0 aliphatic heterocycles. The second-order valence-corrected chi connectivity index (χ2v) is 9.76. The molecule has 0 aliphatic carbocycles. The summed E-state index contributed by atoms with van der Waals surface area (Å²) in [5, 5.41) is 5.75. The van der Waals surface area contributed by atoms with Crippen molar-refractivity contribution in [3.63, 3.8) is 0 Å². The fraction of sp³-hybridized carbons (Fsp3) is 0.212. The van der Waals surface area contributed by atoms with Crippen LogP contribution in [0.4, 0.5) is 13.6 Å². The van der Waals surface area contributed by atoms with E-state index in [1.165, 1.54) is 24.3 Å². The first kappa shape index (κ1) is 28.5.